The van der Waals surface area contributed by atoms with Crippen LogP contribution in [-0.2, 0) is 6.42 Å². The minimum Gasteiger partial charge on any atom is -0.396 e. The Kier molecular flexibility index (Phi) is 5.05. The molecule has 2 rings (SSSR count). The van der Waals surface area contributed by atoms with E-state index < -0.39 is 0 Å². The molecule has 0 spiro atoms. The van der Waals surface area contributed by atoms with E-state index in [0.717, 1.165) is 12.3 Å². The fourth-order valence-electron chi connectivity index (χ4n) is 2.93. The topological polar surface area (TPSA) is 20.2 Å². The largest absolute Gasteiger partial charge is 0.396 e. The Morgan fingerprint density at radius 3 is 2.53 bits per heavy atom. The van der Waals surface area contributed by atoms with Crippen LogP contribution in [0.25, 0.3) is 0 Å². The molecule has 1 aliphatic rings. The molecule has 0 saturated heterocycles. The zero-order chi connectivity index (χ0) is 12.1. The molecule has 0 radical (unpaired) electrons. The van der Waals surface area contributed by atoms with Crippen LogP contribution in [0.3, 0.4) is 0 Å². The molecule has 1 N–H and O–H groups in total. The van der Waals surface area contributed by atoms with Crippen molar-refractivity contribution in [3.63, 3.8) is 0 Å². The highest BCUT2D eigenvalue weighted by atomic mass is 79.9. The predicted octanol–water partition coefficient (Wildman–Crippen LogP) is 4.18. The Bertz CT molecular complexity index is 345. The average molecular weight is 297 g/mol. The van der Waals surface area contributed by atoms with Gasteiger partial charge in [0.2, 0.25) is 0 Å². The number of halogens is 1. The lowest BCUT2D eigenvalue weighted by atomic mass is 9.78. The van der Waals surface area contributed by atoms with E-state index in [1.54, 1.807) is 0 Å². The quantitative estimate of drug-likeness (QED) is 0.884. The zero-order valence-electron chi connectivity index (χ0n) is 10.2. The number of benzene rings is 1. The van der Waals surface area contributed by atoms with Gasteiger partial charge in [-0.3, -0.25) is 0 Å². The van der Waals surface area contributed by atoms with Crippen molar-refractivity contribution in [2.75, 3.05) is 6.61 Å². The molecule has 0 bridgehead atoms. The highest BCUT2D eigenvalue weighted by Gasteiger charge is 2.23. The van der Waals surface area contributed by atoms with Gasteiger partial charge in [0.15, 0.2) is 0 Å². The van der Waals surface area contributed by atoms with Crippen molar-refractivity contribution < 1.29 is 5.11 Å². The van der Waals surface area contributed by atoms with Gasteiger partial charge >= 0.3 is 0 Å². The first-order chi connectivity index (χ1) is 8.31. The van der Waals surface area contributed by atoms with Crippen molar-refractivity contribution in [1.82, 2.24) is 0 Å². The molecule has 0 aliphatic heterocycles. The summed E-state index contributed by atoms with van der Waals surface area (Å²) in [4.78, 5) is 0. The fourth-order valence-corrected chi connectivity index (χ4v) is 3.38. The fraction of sp³-hybridized carbons (Fsp3) is 0.600. The van der Waals surface area contributed by atoms with Crippen LogP contribution < -0.4 is 0 Å². The molecule has 1 aromatic carbocycles. The SMILES string of the molecule is OCC(Cc1ccccc1Br)C1CCCCC1. The van der Waals surface area contributed by atoms with E-state index in [-0.39, 0.29) is 0 Å². The second kappa shape index (κ2) is 6.55. The molecular weight excluding hydrogens is 276 g/mol. The van der Waals surface area contributed by atoms with E-state index in [2.05, 4.69) is 34.1 Å². The summed E-state index contributed by atoms with van der Waals surface area (Å²) < 4.78 is 1.18. The van der Waals surface area contributed by atoms with Crippen LogP contribution in [0, 0.1) is 11.8 Å². The Balaban J connectivity index is 2.01. The van der Waals surface area contributed by atoms with Gasteiger partial charge in [-0.05, 0) is 29.9 Å². The molecule has 1 unspecified atom stereocenters. The van der Waals surface area contributed by atoms with Crippen LogP contribution in [0.1, 0.15) is 37.7 Å². The lowest BCUT2D eigenvalue weighted by Gasteiger charge is -2.29. The van der Waals surface area contributed by atoms with Gasteiger partial charge < -0.3 is 5.11 Å². The molecular formula is C15H21BrO. The first-order valence-corrected chi connectivity index (χ1v) is 7.45. The Labute approximate surface area is 112 Å². The lowest BCUT2D eigenvalue weighted by Crippen LogP contribution is -2.23. The van der Waals surface area contributed by atoms with Gasteiger partial charge in [0.1, 0.15) is 0 Å². The minimum absolute atomic E-state index is 0.325. The number of aliphatic hydroxyl groups excluding tert-OH is 1. The Morgan fingerprint density at radius 2 is 1.88 bits per heavy atom. The third-order valence-electron chi connectivity index (χ3n) is 3.99. The summed E-state index contributed by atoms with van der Waals surface area (Å²) in [7, 11) is 0. The van der Waals surface area contributed by atoms with Crippen molar-refractivity contribution in [1.29, 1.82) is 0 Å². The van der Waals surface area contributed by atoms with Crippen LogP contribution >= 0.6 is 15.9 Å². The predicted molar refractivity (Wildman–Crippen MR) is 75.0 cm³/mol. The van der Waals surface area contributed by atoms with E-state index in [1.165, 1.54) is 42.1 Å². The van der Waals surface area contributed by atoms with E-state index in [4.69, 9.17) is 0 Å². The first-order valence-electron chi connectivity index (χ1n) is 6.65. The Hall–Kier alpha value is -0.340. The van der Waals surface area contributed by atoms with Crippen LogP contribution in [0.5, 0.6) is 0 Å². The molecule has 1 aliphatic carbocycles. The van der Waals surface area contributed by atoms with E-state index >= 15 is 0 Å². The molecule has 17 heavy (non-hydrogen) atoms. The standard InChI is InChI=1S/C15H21BrO/c16-15-9-5-4-8-13(15)10-14(11-17)12-6-2-1-3-7-12/h4-5,8-9,12,14,17H,1-3,6-7,10-11H2. The summed E-state index contributed by atoms with van der Waals surface area (Å²) >= 11 is 3.60. The normalized spacial score (nSPS) is 19.2. The molecule has 0 amide bonds. The van der Waals surface area contributed by atoms with Gasteiger partial charge in [-0.2, -0.15) is 0 Å². The van der Waals surface area contributed by atoms with E-state index in [9.17, 15) is 5.11 Å². The highest BCUT2D eigenvalue weighted by Crippen LogP contribution is 2.32. The van der Waals surface area contributed by atoms with Gasteiger partial charge in [0.05, 0.1) is 0 Å². The second-order valence-corrected chi connectivity index (χ2v) is 5.99. The summed E-state index contributed by atoms with van der Waals surface area (Å²) in [5.74, 6) is 1.16. The number of hydrogen-bond acceptors (Lipinski definition) is 1. The van der Waals surface area contributed by atoms with Crippen LogP contribution in [0.2, 0.25) is 0 Å². The van der Waals surface area contributed by atoms with Gasteiger partial charge in [-0.1, -0.05) is 66.2 Å². The molecule has 0 heterocycles. The summed E-state index contributed by atoms with van der Waals surface area (Å²) in [6, 6.07) is 8.37. The molecule has 1 nitrogen and oxygen atoms in total. The molecule has 1 aromatic rings. The van der Waals surface area contributed by atoms with Gasteiger partial charge in [-0.25, -0.2) is 0 Å². The maximum atomic E-state index is 9.62. The summed E-state index contributed by atoms with van der Waals surface area (Å²) in [6.45, 7) is 0.325. The van der Waals surface area contributed by atoms with Crippen molar-refractivity contribution in [2.45, 2.75) is 38.5 Å². The summed E-state index contributed by atoms with van der Waals surface area (Å²) in [6.07, 6.45) is 7.67. The maximum Gasteiger partial charge on any atom is 0.0465 e. The summed E-state index contributed by atoms with van der Waals surface area (Å²) in [5, 5.41) is 9.62. The van der Waals surface area contributed by atoms with Crippen LogP contribution in [0.4, 0.5) is 0 Å². The molecule has 1 atom stereocenters. The molecule has 1 saturated carbocycles. The van der Waals surface area contributed by atoms with E-state index in [0.29, 0.717) is 12.5 Å². The third-order valence-corrected chi connectivity index (χ3v) is 4.76. The van der Waals surface area contributed by atoms with Gasteiger partial charge in [0.25, 0.3) is 0 Å². The smallest absolute Gasteiger partial charge is 0.0465 e. The summed E-state index contributed by atoms with van der Waals surface area (Å²) in [5.41, 5.74) is 1.33. The van der Waals surface area contributed by atoms with Crippen molar-refractivity contribution in [2.24, 2.45) is 11.8 Å². The maximum absolute atomic E-state index is 9.62. The van der Waals surface area contributed by atoms with Gasteiger partial charge in [0, 0.05) is 11.1 Å². The molecule has 0 aromatic heterocycles. The minimum atomic E-state index is 0.325. The van der Waals surface area contributed by atoms with Crippen LogP contribution in [-0.4, -0.2) is 11.7 Å². The lowest BCUT2D eigenvalue weighted by molar-refractivity contribution is 0.147. The van der Waals surface area contributed by atoms with Gasteiger partial charge in [-0.15, -0.1) is 0 Å². The number of hydrogen-bond donors (Lipinski definition) is 1. The monoisotopic (exact) mass is 296 g/mol. The highest BCUT2D eigenvalue weighted by molar-refractivity contribution is 9.10. The van der Waals surface area contributed by atoms with Crippen molar-refractivity contribution in [3.05, 3.63) is 34.3 Å². The molecule has 2 heteroatoms. The zero-order valence-corrected chi connectivity index (χ0v) is 11.8. The van der Waals surface area contributed by atoms with Crippen LogP contribution in [0.15, 0.2) is 28.7 Å². The number of rotatable bonds is 4. The van der Waals surface area contributed by atoms with Crippen molar-refractivity contribution in [3.8, 4) is 0 Å². The molecule has 1 fully saturated rings. The first kappa shape index (κ1) is 13.1. The Morgan fingerprint density at radius 1 is 1.18 bits per heavy atom. The second-order valence-electron chi connectivity index (χ2n) is 5.14. The number of aliphatic hydroxyl groups is 1. The average Bonchev–Trinajstić information content (AvgIpc) is 2.39. The molecule has 94 valence electrons. The van der Waals surface area contributed by atoms with Crippen molar-refractivity contribution >= 4 is 15.9 Å². The van der Waals surface area contributed by atoms with E-state index in [1.807, 2.05) is 6.07 Å². The third kappa shape index (κ3) is 3.56.